The fraction of sp³-hybridized carbons (Fsp3) is 0.417. The van der Waals surface area contributed by atoms with Crippen LogP contribution in [0, 0.1) is 11.8 Å². The van der Waals surface area contributed by atoms with Gasteiger partial charge in [-0.25, -0.2) is 4.79 Å². The highest BCUT2D eigenvalue weighted by molar-refractivity contribution is 6.19. The van der Waals surface area contributed by atoms with Crippen LogP contribution < -0.4 is 0 Å². The smallest absolute Gasteiger partial charge is 0.337 e. The largest absolute Gasteiger partial charge is 0.339 e. The van der Waals surface area contributed by atoms with Crippen LogP contribution in [0.2, 0.25) is 0 Å². The van der Waals surface area contributed by atoms with Crippen molar-refractivity contribution in [3.05, 3.63) is 48.0 Å². The van der Waals surface area contributed by atoms with Crippen molar-refractivity contribution in [1.82, 2.24) is 4.57 Å². The summed E-state index contributed by atoms with van der Waals surface area (Å²) in [7, 11) is 0. The van der Waals surface area contributed by atoms with Gasteiger partial charge in [0.15, 0.2) is 0 Å². The minimum absolute atomic E-state index is 0.186. The van der Waals surface area contributed by atoms with E-state index in [0.29, 0.717) is 0 Å². The summed E-state index contributed by atoms with van der Waals surface area (Å²) < 4.78 is 2.43. The van der Waals surface area contributed by atoms with Crippen molar-refractivity contribution >= 4 is 33.5 Å². The molecule has 4 heteroatoms. The van der Waals surface area contributed by atoms with Crippen LogP contribution in [-0.4, -0.2) is 16.2 Å². The number of oxime groups is 1. The minimum atomic E-state index is -0.280. The highest BCUT2D eigenvalue weighted by Gasteiger charge is 2.29. The van der Waals surface area contributed by atoms with E-state index in [1.807, 2.05) is 13.8 Å². The number of rotatable bonds is 6. The molecule has 1 unspecified atom stereocenters. The van der Waals surface area contributed by atoms with E-state index < -0.39 is 0 Å². The van der Waals surface area contributed by atoms with Gasteiger partial charge in [0.2, 0.25) is 0 Å². The van der Waals surface area contributed by atoms with E-state index in [0.717, 1.165) is 30.7 Å². The number of benzene rings is 2. The number of fused-ring (bicyclic) bond motifs is 3. The monoisotopic (exact) mass is 376 g/mol. The Morgan fingerprint density at radius 3 is 2.71 bits per heavy atom. The van der Waals surface area contributed by atoms with Crippen molar-refractivity contribution in [3.8, 4) is 0 Å². The number of para-hydroxylation sites is 2. The van der Waals surface area contributed by atoms with Crippen LogP contribution in [0.25, 0.3) is 21.8 Å². The number of hydrogen-bond donors (Lipinski definition) is 0. The Kier molecular flexibility index (Phi) is 5.21. The first-order valence-corrected chi connectivity index (χ1v) is 10.4. The second-order valence-corrected chi connectivity index (χ2v) is 8.06. The lowest BCUT2D eigenvalue weighted by Crippen LogP contribution is -2.27. The molecule has 0 bridgehead atoms. The fourth-order valence-corrected chi connectivity index (χ4v) is 4.22. The first-order valence-electron chi connectivity index (χ1n) is 10.4. The Labute approximate surface area is 166 Å². The van der Waals surface area contributed by atoms with Gasteiger partial charge in [-0.1, -0.05) is 81.6 Å². The molecule has 4 rings (SSSR count). The number of aromatic nitrogens is 1. The van der Waals surface area contributed by atoms with E-state index in [1.54, 1.807) is 0 Å². The Morgan fingerprint density at radius 1 is 1.14 bits per heavy atom. The maximum atomic E-state index is 12.0. The van der Waals surface area contributed by atoms with E-state index in [-0.39, 0.29) is 17.8 Å². The normalized spacial score (nSPS) is 17.7. The quantitative estimate of drug-likeness (QED) is 0.305. The molecule has 4 nitrogen and oxygen atoms in total. The van der Waals surface area contributed by atoms with Crippen LogP contribution >= 0.6 is 0 Å². The molecular weight excluding hydrogens is 348 g/mol. The Morgan fingerprint density at radius 2 is 1.93 bits per heavy atom. The molecule has 1 aromatic heterocycles. The molecule has 2 heterocycles. The van der Waals surface area contributed by atoms with Crippen molar-refractivity contribution in [1.29, 1.82) is 0 Å². The number of nitrogens with zero attached hydrogens (tertiary/aromatic N) is 2. The zero-order chi connectivity index (χ0) is 19.7. The van der Waals surface area contributed by atoms with Gasteiger partial charge in [-0.15, -0.1) is 0 Å². The van der Waals surface area contributed by atoms with Crippen LogP contribution in [0.3, 0.4) is 0 Å². The summed E-state index contributed by atoms with van der Waals surface area (Å²) in [5.41, 5.74) is 4.49. The second kappa shape index (κ2) is 7.78. The molecule has 0 spiro atoms. The van der Waals surface area contributed by atoms with Crippen LogP contribution in [0.4, 0.5) is 0 Å². The molecule has 0 radical (unpaired) electrons. The number of carbonyl (C=O) groups excluding carboxylic acids is 1. The predicted molar refractivity (Wildman–Crippen MR) is 115 cm³/mol. The maximum Gasteiger partial charge on any atom is 0.337 e. The third-order valence-corrected chi connectivity index (χ3v) is 5.72. The van der Waals surface area contributed by atoms with E-state index in [4.69, 9.17) is 4.84 Å². The average Bonchev–Trinajstić information content (AvgIpc) is 3.03. The number of carbonyl (C=O) groups is 1. The zero-order valence-electron chi connectivity index (χ0n) is 16.9. The van der Waals surface area contributed by atoms with Crippen LogP contribution in [-0.2, 0) is 16.2 Å². The molecule has 0 saturated carbocycles. The fourth-order valence-electron chi connectivity index (χ4n) is 4.22. The van der Waals surface area contributed by atoms with Gasteiger partial charge in [0.25, 0.3) is 0 Å². The summed E-state index contributed by atoms with van der Waals surface area (Å²) in [6, 6.07) is 15.0. The lowest BCUT2D eigenvalue weighted by atomic mass is 9.88. The SMILES string of the molecule is CCCCCC1Cn2c3ccccc3c3cccc(c32)/C1=N/OC(=O)C(C)C. The second-order valence-electron chi connectivity index (χ2n) is 8.06. The summed E-state index contributed by atoms with van der Waals surface area (Å²) in [6.07, 6.45) is 4.60. The Balaban J connectivity index is 1.85. The topological polar surface area (TPSA) is 43.6 Å². The van der Waals surface area contributed by atoms with Crippen LogP contribution in [0.15, 0.2) is 47.6 Å². The zero-order valence-corrected chi connectivity index (χ0v) is 16.9. The van der Waals surface area contributed by atoms with E-state index in [2.05, 4.69) is 59.1 Å². The van der Waals surface area contributed by atoms with Gasteiger partial charge >= 0.3 is 5.97 Å². The van der Waals surface area contributed by atoms with Gasteiger partial charge < -0.3 is 9.40 Å². The lowest BCUT2D eigenvalue weighted by molar-refractivity contribution is -0.147. The molecule has 1 aliphatic rings. The van der Waals surface area contributed by atoms with Gasteiger partial charge in [-0.2, -0.15) is 0 Å². The number of hydrogen-bond acceptors (Lipinski definition) is 3. The molecule has 2 aromatic carbocycles. The molecule has 0 aliphatic carbocycles. The molecule has 0 amide bonds. The van der Waals surface area contributed by atoms with Gasteiger partial charge in [-0.3, -0.25) is 0 Å². The van der Waals surface area contributed by atoms with Crippen molar-refractivity contribution in [2.75, 3.05) is 0 Å². The van der Waals surface area contributed by atoms with Gasteiger partial charge in [0.05, 0.1) is 17.1 Å². The van der Waals surface area contributed by atoms with Gasteiger partial charge in [0.1, 0.15) is 0 Å². The summed E-state index contributed by atoms with van der Waals surface area (Å²) in [4.78, 5) is 17.4. The molecule has 0 fully saturated rings. The number of unbranched alkanes of at least 4 members (excludes halogenated alkanes) is 2. The molecule has 28 heavy (non-hydrogen) atoms. The summed E-state index contributed by atoms with van der Waals surface area (Å²) in [6.45, 7) is 6.77. The Hall–Kier alpha value is -2.62. The third kappa shape index (κ3) is 3.21. The van der Waals surface area contributed by atoms with Crippen LogP contribution in [0.5, 0.6) is 0 Å². The highest BCUT2D eigenvalue weighted by atomic mass is 16.7. The molecule has 0 saturated heterocycles. The molecule has 1 atom stereocenters. The van der Waals surface area contributed by atoms with Crippen LogP contribution in [0.1, 0.15) is 52.0 Å². The van der Waals surface area contributed by atoms with E-state index in [9.17, 15) is 4.79 Å². The summed E-state index contributed by atoms with van der Waals surface area (Å²) in [5.74, 6) is -0.216. The standard InChI is InChI=1S/C24H28N2O2/c1-4-5-6-10-17-15-26-21-14-8-7-11-18(21)19-12-9-13-20(23(19)26)22(17)25-28-24(27)16(2)3/h7-9,11-14,16-17H,4-6,10,15H2,1-3H3/b25-22+. The van der Waals surface area contributed by atoms with Crippen molar-refractivity contribution in [2.24, 2.45) is 17.0 Å². The van der Waals surface area contributed by atoms with Crippen molar-refractivity contribution in [3.63, 3.8) is 0 Å². The van der Waals surface area contributed by atoms with Crippen molar-refractivity contribution < 1.29 is 9.63 Å². The van der Waals surface area contributed by atoms with Crippen molar-refractivity contribution in [2.45, 2.75) is 53.0 Å². The summed E-state index contributed by atoms with van der Waals surface area (Å²) >= 11 is 0. The molecule has 0 N–H and O–H groups in total. The van der Waals surface area contributed by atoms with Gasteiger partial charge in [0, 0.05) is 34.3 Å². The Bertz CT molecular complexity index is 1050. The lowest BCUT2D eigenvalue weighted by Gasteiger charge is -2.27. The first-order chi connectivity index (χ1) is 13.6. The third-order valence-electron chi connectivity index (χ3n) is 5.72. The molecule has 146 valence electrons. The highest BCUT2D eigenvalue weighted by Crippen LogP contribution is 2.37. The first kappa shape index (κ1) is 18.7. The molecule has 3 aromatic rings. The average molecular weight is 377 g/mol. The van der Waals surface area contributed by atoms with Gasteiger partial charge in [-0.05, 0) is 12.5 Å². The van der Waals surface area contributed by atoms with E-state index in [1.165, 1.54) is 34.6 Å². The maximum absolute atomic E-state index is 12.0. The van der Waals surface area contributed by atoms with E-state index >= 15 is 0 Å². The predicted octanol–water partition coefficient (Wildman–Crippen LogP) is 5.91. The minimum Gasteiger partial charge on any atom is -0.339 e. The molecular formula is C24H28N2O2. The molecule has 1 aliphatic heterocycles. The summed E-state index contributed by atoms with van der Waals surface area (Å²) in [5, 5.41) is 6.92.